The van der Waals surface area contributed by atoms with Gasteiger partial charge in [-0.15, -0.1) is 0 Å². The highest BCUT2D eigenvalue weighted by Crippen LogP contribution is 2.14. The van der Waals surface area contributed by atoms with Gasteiger partial charge in [-0.3, -0.25) is 4.79 Å². The van der Waals surface area contributed by atoms with Crippen LogP contribution in [0.15, 0.2) is 24.3 Å². The molecular formula is C14H18O4. The van der Waals surface area contributed by atoms with Crippen LogP contribution in [-0.2, 0) is 9.53 Å². The van der Waals surface area contributed by atoms with E-state index in [0.717, 1.165) is 6.42 Å². The summed E-state index contributed by atoms with van der Waals surface area (Å²) in [6, 6.07) is 6.34. The van der Waals surface area contributed by atoms with Gasteiger partial charge >= 0.3 is 11.9 Å². The molecule has 0 unspecified atom stereocenters. The summed E-state index contributed by atoms with van der Waals surface area (Å²) in [5.74, 6) is -0.408. The van der Waals surface area contributed by atoms with Crippen molar-refractivity contribution in [2.75, 3.05) is 6.61 Å². The van der Waals surface area contributed by atoms with Crippen molar-refractivity contribution in [2.24, 2.45) is 5.92 Å². The third-order valence-electron chi connectivity index (χ3n) is 2.22. The van der Waals surface area contributed by atoms with Gasteiger partial charge in [0.15, 0.2) is 0 Å². The predicted octanol–water partition coefficient (Wildman–Crippen LogP) is 2.81. The monoisotopic (exact) mass is 250 g/mol. The molecule has 0 aromatic heterocycles. The first-order valence-electron chi connectivity index (χ1n) is 6.03. The number of carbonyl (C=O) groups is 2. The van der Waals surface area contributed by atoms with Crippen LogP contribution in [-0.4, -0.2) is 18.5 Å². The van der Waals surface area contributed by atoms with Gasteiger partial charge in [0.2, 0.25) is 0 Å². The summed E-state index contributed by atoms with van der Waals surface area (Å²) < 4.78 is 10.1. The lowest BCUT2D eigenvalue weighted by Gasteiger charge is -2.07. The second-order valence-corrected chi connectivity index (χ2v) is 4.24. The molecule has 1 rings (SSSR count). The van der Waals surface area contributed by atoms with Crippen molar-refractivity contribution in [3.05, 3.63) is 29.8 Å². The third kappa shape index (κ3) is 4.20. The maximum absolute atomic E-state index is 11.5. The van der Waals surface area contributed by atoms with Crippen molar-refractivity contribution < 1.29 is 19.1 Å². The Labute approximate surface area is 107 Å². The fourth-order valence-electron chi connectivity index (χ4n) is 1.17. The topological polar surface area (TPSA) is 52.6 Å². The maximum atomic E-state index is 11.5. The zero-order chi connectivity index (χ0) is 13.5. The zero-order valence-corrected chi connectivity index (χ0v) is 10.9. The van der Waals surface area contributed by atoms with E-state index >= 15 is 0 Å². The molecule has 1 aromatic rings. The Morgan fingerprint density at radius 1 is 1.17 bits per heavy atom. The van der Waals surface area contributed by atoms with Gasteiger partial charge in [0.05, 0.1) is 18.1 Å². The average molecular weight is 250 g/mol. The Morgan fingerprint density at radius 3 is 2.28 bits per heavy atom. The van der Waals surface area contributed by atoms with Crippen LogP contribution in [0, 0.1) is 5.92 Å². The van der Waals surface area contributed by atoms with E-state index in [-0.39, 0.29) is 17.9 Å². The van der Waals surface area contributed by atoms with Gasteiger partial charge in [0.1, 0.15) is 5.75 Å². The van der Waals surface area contributed by atoms with Gasteiger partial charge in [-0.1, -0.05) is 20.8 Å². The molecule has 98 valence electrons. The number of esters is 2. The first kappa shape index (κ1) is 14.2. The number of hydrogen-bond donors (Lipinski definition) is 0. The van der Waals surface area contributed by atoms with Crippen LogP contribution in [0.25, 0.3) is 0 Å². The predicted molar refractivity (Wildman–Crippen MR) is 67.5 cm³/mol. The highest BCUT2D eigenvalue weighted by Gasteiger charge is 2.11. The van der Waals surface area contributed by atoms with Crippen LogP contribution >= 0.6 is 0 Å². The number of benzene rings is 1. The third-order valence-corrected chi connectivity index (χ3v) is 2.22. The Kier molecular flexibility index (Phi) is 5.36. The molecule has 0 saturated carbocycles. The summed E-state index contributed by atoms with van der Waals surface area (Å²) in [5, 5.41) is 0. The van der Waals surface area contributed by atoms with Gasteiger partial charge < -0.3 is 9.47 Å². The second kappa shape index (κ2) is 6.79. The van der Waals surface area contributed by atoms with Gasteiger partial charge in [-0.25, -0.2) is 4.79 Å². The van der Waals surface area contributed by atoms with Crippen molar-refractivity contribution in [1.82, 2.24) is 0 Å². The molecule has 0 bridgehead atoms. The molecule has 0 aliphatic rings. The van der Waals surface area contributed by atoms with E-state index in [1.165, 1.54) is 0 Å². The Balaban J connectivity index is 2.62. The fraction of sp³-hybridized carbons (Fsp3) is 0.429. The minimum atomic E-state index is -0.362. The number of ether oxygens (including phenoxy) is 2. The summed E-state index contributed by atoms with van der Waals surface area (Å²) in [6.45, 7) is 5.86. The highest BCUT2D eigenvalue weighted by atomic mass is 16.5. The summed E-state index contributed by atoms with van der Waals surface area (Å²) in [6.07, 6.45) is 0.788. The number of carbonyl (C=O) groups excluding carboxylic acids is 2. The lowest BCUT2D eigenvalue weighted by molar-refractivity contribution is -0.137. The molecule has 0 saturated heterocycles. The lowest BCUT2D eigenvalue weighted by Crippen LogP contribution is -2.14. The van der Waals surface area contributed by atoms with Crippen LogP contribution in [0.1, 0.15) is 37.6 Å². The molecule has 4 nitrogen and oxygen atoms in total. The van der Waals surface area contributed by atoms with Crippen molar-refractivity contribution in [3.63, 3.8) is 0 Å². The molecule has 0 atom stereocenters. The zero-order valence-electron chi connectivity index (χ0n) is 10.9. The molecule has 0 N–H and O–H groups in total. The van der Waals surface area contributed by atoms with Crippen LogP contribution < -0.4 is 4.74 Å². The Hall–Kier alpha value is -1.84. The molecule has 0 aliphatic heterocycles. The molecule has 0 aliphatic carbocycles. The summed E-state index contributed by atoms with van der Waals surface area (Å²) in [4.78, 5) is 22.9. The quantitative estimate of drug-likeness (QED) is 0.595. The minimum Gasteiger partial charge on any atom is -0.462 e. The van der Waals surface area contributed by atoms with E-state index in [1.807, 2.05) is 6.92 Å². The first-order valence-corrected chi connectivity index (χ1v) is 6.03. The average Bonchev–Trinajstić information content (AvgIpc) is 2.36. The van der Waals surface area contributed by atoms with Crippen LogP contribution in [0.2, 0.25) is 0 Å². The second-order valence-electron chi connectivity index (χ2n) is 4.24. The summed E-state index contributed by atoms with van der Waals surface area (Å²) in [5.41, 5.74) is 0.452. The fourth-order valence-corrected chi connectivity index (χ4v) is 1.17. The molecular weight excluding hydrogens is 232 g/mol. The molecule has 1 aromatic carbocycles. The SMILES string of the molecule is CCCOC(=O)c1ccc(OC(=O)C(C)C)cc1. The molecule has 0 heterocycles. The Morgan fingerprint density at radius 2 is 1.78 bits per heavy atom. The van der Waals surface area contributed by atoms with Gasteiger partial charge in [-0.2, -0.15) is 0 Å². The minimum absolute atomic E-state index is 0.181. The largest absolute Gasteiger partial charge is 0.462 e. The molecule has 4 heteroatoms. The van der Waals surface area contributed by atoms with E-state index in [0.29, 0.717) is 17.9 Å². The Bertz CT molecular complexity index is 406. The maximum Gasteiger partial charge on any atom is 0.338 e. The van der Waals surface area contributed by atoms with Crippen molar-refractivity contribution in [2.45, 2.75) is 27.2 Å². The first-order chi connectivity index (χ1) is 8.54. The van der Waals surface area contributed by atoms with Gasteiger partial charge in [0.25, 0.3) is 0 Å². The summed E-state index contributed by atoms with van der Waals surface area (Å²) in [7, 11) is 0. The lowest BCUT2D eigenvalue weighted by atomic mass is 10.2. The molecule has 0 fully saturated rings. The van der Waals surface area contributed by atoms with E-state index in [4.69, 9.17) is 9.47 Å². The van der Waals surface area contributed by atoms with E-state index in [1.54, 1.807) is 38.1 Å². The smallest absolute Gasteiger partial charge is 0.338 e. The van der Waals surface area contributed by atoms with Crippen LogP contribution in [0.4, 0.5) is 0 Å². The van der Waals surface area contributed by atoms with E-state index in [9.17, 15) is 9.59 Å². The molecule has 18 heavy (non-hydrogen) atoms. The molecule has 0 radical (unpaired) electrons. The van der Waals surface area contributed by atoms with Crippen LogP contribution in [0.3, 0.4) is 0 Å². The number of rotatable bonds is 5. The standard InChI is InChI=1S/C14H18O4/c1-4-9-17-14(16)11-5-7-12(8-6-11)18-13(15)10(2)3/h5-8,10H,4,9H2,1-3H3. The van der Waals surface area contributed by atoms with Crippen molar-refractivity contribution >= 4 is 11.9 Å². The van der Waals surface area contributed by atoms with E-state index < -0.39 is 0 Å². The number of hydrogen-bond acceptors (Lipinski definition) is 4. The van der Waals surface area contributed by atoms with Crippen LogP contribution in [0.5, 0.6) is 5.75 Å². The van der Waals surface area contributed by atoms with Gasteiger partial charge in [-0.05, 0) is 30.7 Å². The summed E-state index contributed by atoms with van der Waals surface area (Å²) >= 11 is 0. The molecule has 0 amide bonds. The van der Waals surface area contributed by atoms with Crippen molar-refractivity contribution in [3.8, 4) is 5.75 Å². The highest BCUT2D eigenvalue weighted by molar-refractivity contribution is 5.89. The van der Waals surface area contributed by atoms with E-state index in [2.05, 4.69) is 0 Å². The van der Waals surface area contributed by atoms with Gasteiger partial charge in [0, 0.05) is 0 Å². The van der Waals surface area contributed by atoms with Crippen molar-refractivity contribution in [1.29, 1.82) is 0 Å². The molecule has 0 spiro atoms. The normalized spacial score (nSPS) is 10.2.